The molecule has 0 aromatic heterocycles. The van der Waals surface area contributed by atoms with Gasteiger partial charge in [0.15, 0.2) is 0 Å². The fourth-order valence-electron chi connectivity index (χ4n) is 1.67. The van der Waals surface area contributed by atoms with Gasteiger partial charge >= 0.3 is 0 Å². The summed E-state index contributed by atoms with van der Waals surface area (Å²) in [6.45, 7) is 5.87. The highest BCUT2D eigenvalue weighted by atomic mass is 16.5. The van der Waals surface area contributed by atoms with Crippen LogP contribution in [-0.4, -0.2) is 13.2 Å². The normalized spacial score (nSPS) is 12.2. The van der Waals surface area contributed by atoms with E-state index in [-0.39, 0.29) is 6.04 Å². The lowest BCUT2D eigenvalue weighted by Crippen LogP contribution is -2.23. The Morgan fingerprint density at radius 3 is 2.73 bits per heavy atom. The first-order chi connectivity index (χ1) is 7.13. The standard InChI is InChI=1S/C13H19NO/c1-10(2)8-12(14)9-11-6-4-5-7-13(11)15-3/h4-7,12H,1,8-9,14H2,2-3H3. The Morgan fingerprint density at radius 2 is 2.13 bits per heavy atom. The van der Waals surface area contributed by atoms with Crippen molar-refractivity contribution in [2.45, 2.75) is 25.8 Å². The summed E-state index contributed by atoms with van der Waals surface area (Å²) >= 11 is 0. The number of rotatable bonds is 5. The van der Waals surface area contributed by atoms with Crippen molar-refractivity contribution in [1.82, 2.24) is 0 Å². The summed E-state index contributed by atoms with van der Waals surface area (Å²) in [7, 11) is 1.68. The molecule has 2 heteroatoms. The predicted octanol–water partition coefficient (Wildman–Crippen LogP) is 2.53. The first kappa shape index (κ1) is 11.8. The molecule has 0 amide bonds. The van der Waals surface area contributed by atoms with Gasteiger partial charge in [-0.05, 0) is 31.4 Å². The third kappa shape index (κ3) is 3.76. The molecule has 15 heavy (non-hydrogen) atoms. The number of methoxy groups -OCH3 is 1. The first-order valence-electron chi connectivity index (χ1n) is 5.15. The summed E-state index contributed by atoms with van der Waals surface area (Å²) in [5.41, 5.74) is 8.30. The second kappa shape index (κ2) is 5.56. The van der Waals surface area contributed by atoms with Crippen LogP contribution in [0.2, 0.25) is 0 Å². The lowest BCUT2D eigenvalue weighted by Gasteiger charge is -2.13. The van der Waals surface area contributed by atoms with Gasteiger partial charge in [0.25, 0.3) is 0 Å². The van der Waals surface area contributed by atoms with Crippen LogP contribution in [0.1, 0.15) is 18.9 Å². The van der Waals surface area contributed by atoms with E-state index in [1.807, 2.05) is 25.1 Å². The topological polar surface area (TPSA) is 35.2 Å². The van der Waals surface area contributed by atoms with Gasteiger partial charge in [-0.2, -0.15) is 0 Å². The van der Waals surface area contributed by atoms with Gasteiger partial charge in [0.2, 0.25) is 0 Å². The molecule has 0 fully saturated rings. The Morgan fingerprint density at radius 1 is 1.47 bits per heavy atom. The molecule has 1 atom stereocenters. The number of hydrogen-bond donors (Lipinski definition) is 1. The monoisotopic (exact) mass is 205 g/mol. The minimum atomic E-state index is 0.124. The molecule has 0 saturated heterocycles. The summed E-state index contributed by atoms with van der Waals surface area (Å²) in [6, 6.07) is 8.11. The summed E-state index contributed by atoms with van der Waals surface area (Å²) < 4.78 is 5.27. The zero-order valence-corrected chi connectivity index (χ0v) is 9.49. The molecule has 0 bridgehead atoms. The minimum Gasteiger partial charge on any atom is -0.496 e. The van der Waals surface area contributed by atoms with Crippen LogP contribution in [-0.2, 0) is 6.42 Å². The van der Waals surface area contributed by atoms with E-state index in [1.54, 1.807) is 7.11 Å². The number of nitrogens with two attached hydrogens (primary N) is 1. The number of ether oxygens (including phenoxy) is 1. The van der Waals surface area contributed by atoms with Crippen LogP contribution in [0.5, 0.6) is 5.75 Å². The zero-order chi connectivity index (χ0) is 11.3. The molecule has 0 aliphatic rings. The molecule has 0 aliphatic carbocycles. The van der Waals surface area contributed by atoms with E-state index in [0.717, 1.165) is 29.7 Å². The molecule has 82 valence electrons. The van der Waals surface area contributed by atoms with Crippen LogP contribution in [0.15, 0.2) is 36.4 Å². The zero-order valence-electron chi connectivity index (χ0n) is 9.49. The third-order valence-electron chi connectivity index (χ3n) is 2.29. The van der Waals surface area contributed by atoms with E-state index >= 15 is 0 Å². The van der Waals surface area contributed by atoms with E-state index in [1.165, 1.54) is 0 Å². The van der Waals surface area contributed by atoms with Gasteiger partial charge in [-0.25, -0.2) is 0 Å². The summed E-state index contributed by atoms with van der Waals surface area (Å²) in [6.07, 6.45) is 1.69. The van der Waals surface area contributed by atoms with Crippen molar-refractivity contribution in [3.63, 3.8) is 0 Å². The SMILES string of the molecule is C=C(C)CC(N)Cc1ccccc1OC. The Hall–Kier alpha value is -1.28. The highest BCUT2D eigenvalue weighted by Crippen LogP contribution is 2.19. The van der Waals surface area contributed by atoms with Gasteiger partial charge in [-0.1, -0.05) is 23.8 Å². The largest absolute Gasteiger partial charge is 0.496 e. The van der Waals surface area contributed by atoms with Crippen LogP contribution in [0.3, 0.4) is 0 Å². The molecular weight excluding hydrogens is 186 g/mol. The molecule has 0 heterocycles. The maximum absolute atomic E-state index is 6.01. The molecule has 0 spiro atoms. The number of benzene rings is 1. The Bertz CT molecular complexity index is 333. The number of hydrogen-bond acceptors (Lipinski definition) is 2. The third-order valence-corrected chi connectivity index (χ3v) is 2.29. The van der Waals surface area contributed by atoms with Crippen LogP contribution < -0.4 is 10.5 Å². The molecular formula is C13H19NO. The van der Waals surface area contributed by atoms with E-state index in [4.69, 9.17) is 10.5 Å². The highest BCUT2D eigenvalue weighted by molar-refractivity contribution is 5.33. The molecule has 1 rings (SSSR count). The van der Waals surface area contributed by atoms with Gasteiger partial charge in [-0.15, -0.1) is 6.58 Å². The second-order valence-corrected chi connectivity index (χ2v) is 3.94. The Balaban J connectivity index is 2.67. The average molecular weight is 205 g/mol. The fraction of sp³-hybridized carbons (Fsp3) is 0.385. The first-order valence-corrected chi connectivity index (χ1v) is 5.15. The summed E-state index contributed by atoms with van der Waals surface area (Å²) in [5.74, 6) is 0.912. The fourth-order valence-corrected chi connectivity index (χ4v) is 1.67. The van der Waals surface area contributed by atoms with Crippen LogP contribution in [0.25, 0.3) is 0 Å². The van der Waals surface area contributed by atoms with E-state index < -0.39 is 0 Å². The van der Waals surface area contributed by atoms with Gasteiger partial charge in [0.05, 0.1) is 7.11 Å². The molecule has 0 aliphatic heterocycles. The van der Waals surface area contributed by atoms with Gasteiger partial charge in [0, 0.05) is 6.04 Å². The van der Waals surface area contributed by atoms with Crippen molar-refractivity contribution in [3.05, 3.63) is 42.0 Å². The lowest BCUT2D eigenvalue weighted by atomic mass is 10.0. The van der Waals surface area contributed by atoms with Crippen molar-refractivity contribution >= 4 is 0 Å². The Labute approximate surface area is 91.7 Å². The molecule has 1 unspecified atom stereocenters. The van der Waals surface area contributed by atoms with Gasteiger partial charge in [0.1, 0.15) is 5.75 Å². The molecule has 1 aromatic carbocycles. The molecule has 0 radical (unpaired) electrons. The van der Waals surface area contributed by atoms with Crippen molar-refractivity contribution in [1.29, 1.82) is 0 Å². The van der Waals surface area contributed by atoms with Crippen molar-refractivity contribution in [2.75, 3.05) is 7.11 Å². The van der Waals surface area contributed by atoms with Crippen molar-refractivity contribution in [3.8, 4) is 5.75 Å². The maximum Gasteiger partial charge on any atom is 0.122 e. The van der Waals surface area contributed by atoms with Crippen LogP contribution >= 0.6 is 0 Å². The van der Waals surface area contributed by atoms with Crippen molar-refractivity contribution in [2.24, 2.45) is 5.73 Å². The Kier molecular flexibility index (Phi) is 4.37. The minimum absolute atomic E-state index is 0.124. The van der Waals surface area contributed by atoms with Gasteiger partial charge < -0.3 is 10.5 Å². The maximum atomic E-state index is 6.01. The van der Waals surface area contributed by atoms with E-state index in [9.17, 15) is 0 Å². The second-order valence-electron chi connectivity index (χ2n) is 3.94. The van der Waals surface area contributed by atoms with Crippen LogP contribution in [0, 0.1) is 0 Å². The molecule has 1 aromatic rings. The lowest BCUT2D eigenvalue weighted by molar-refractivity contribution is 0.407. The number of para-hydroxylation sites is 1. The molecule has 2 nitrogen and oxygen atoms in total. The van der Waals surface area contributed by atoms with E-state index in [2.05, 4.69) is 12.6 Å². The summed E-state index contributed by atoms with van der Waals surface area (Å²) in [5, 5.41) is 0. The highest BCUT2D eigenvalue weighted by Gasteiger charge is 2.07. The quantitative estimate of drug-likeness (QED) is 0.750. The van der Waals surface area contributed by atoms with E-state index in [0.29, 0.717) is 0 Å². The molecule has 2 N–H and O–H groups in total. The van der Waals surface area contributed by atoms with Gasteiger partial charge in [-0.3, -0.25) is 0 Å². The van der Waals surface area contributed by atoms with Crippen LogP contribution in [0.4, 0.5) is 0 Å². The average Bonchev–Trinajstić information content (AvgIpc) is 2.17. The van der Waals surface area contributed by atoms with Crippen molar-refractivity contribution < 1.29 is 4.74 Å². The molecule has 0 saturated carbocycles. The smallest absolute Gasteiger partial charge is 0.122 e. The predicted molar refractivity (Wildman–Crippen MR) is 64.1 cm³/mol. The summed E-state index contributed by atoms with van der Waals surface area (Å²) in [4.78, 5) is 0.